The van der Waals surface area contributed by atoms with E-state index in [-0.39, 0.29) is 17.3 Å². The van der Waals surface area contributed by atoms with Crippen molar-refractivity contribution < 1.29 is 4.74 Å². The van der Waals surface area contributed by atoms with E-state index in [1.165, 1.54) is 10.6 Å². The predicted octanol–water partition coefficient (Wildman–Crippen LogP) is 2.36. The van der Waals surface area contributed by atoms with Crippen LogP contribution in [0.25, 0.3) is 0 Å². The van der Waals surface area contributed by atoms with Gasteiger partial charge in [-0.1, -0.05) is 11.6 Å². The maximum absolute atomic E-state index is 12.2. The number of rotatable bonds is 7. The summed E-state index contributed by atoms with van der Waals surface area (Å²) < 4.78 is 6.96. The minimum atomic E-state index is -0.348. The van der Waals surface area contributed by atoms with E-state index < -0.39 is 0 Å². The number of piperazine rings is 1. The summed E-state index contributed by atoms with van der Waals surface area (Å²) in [5.74, 6) is 1.44. The molecule has 2 heterocycles. The summed E-state index contributed by atoms with van der Waals surface area (Å²) >= 11 is 5.87. The van der Waals surface area contributed by atoms with Gasteiger partial charge in [-0.05, 0) is 44.5 Å². The van der Waals surface area contributed by atoms with Gasteiger partial charge in [-0.3, -0.25) is 19.2 Å². The topological polar surface area (TPSA) is 70.6 Å². The average Bonchev–Trinajstić information content (AvgIpc) is 2.66. The quantitative estimate of drug-likeness (QED) is 0.715. The molecule has 1 aromatic heterocycles. The zero-order valence-electron chi connectivity index (χ0n) is 16.4. The first-order chi connectivity index (χ1) is 13.4. The third kappa shape index (κ3) is 5.17. The number of H-pyrrole nitrogens is 1. The third-order valence-electron chi connectivity index (χ3n) is 4.88. The van der Waals surface area contributed by atoms with Crippen LogP contribution in [-0.2, 0) is 0 Å². The van der Waals surface area contributed by atoms with Gasteiger partial charge in [-0.15, -0.1) is 0 Å². The lowest BCUT2D eigenvalue weighted by molar-refractivity contribution is 0.224. The van der Waals surface area contributed by atoms with Gasteiger partial charge in [0.05, 0.1) is 6.61 Å². The molecule has 0 bridgehead atoms. The van der Waals surface area contributed by atoms with Crippen LogP contribution in [0.3, 0.4) is 0 Å². The van der Waals surface area contributed by atoms with Gasteiger partial charge in [-0.2, -0.15) is 0 Å². The second-order valence-corrected chi connectivity index (χ2v) is 7.68. The Morgan fingerprint density at radius 1 is 1.11 bits per heavy atom. The van der Waals surface area contributed by atoms with E-state index in [2.05, 4.69) is 14.8 Å². The fraction of sp³-hybridized carbons (Fsp3) is 0.500. The number of hydrogen-bond donors (Lipinski definition) is 1. The predicted molar refractivity (Wildman–Crippen MR) is 112 cm³/mol. The first-order valence-corrected chi connectivity index (χ1v) is 10.0. The minimum absolute atomic E-state index is 0.155. The molecular formula is C20H27ClN4O3. The second kappa shape index (κ2) is 9.30. The summed E-state index contributed by atoms with van der Waals surface area (Å²) in [7, 11) is 0. The molecule has 7 nitrogen and oxygen atoms in total. The van der Waals surface area contributed by atoms with Gasteiger partial charge in [0.15, 0.2) is 0 Å². The van der Waals surface area contributed by atoms with Crippen molar-refractivity contribution in [3.63, 3.8) is 0 Å². The minimum Gasteiger partial charge on any atom is -0.494 e. The van der Waals surface area contributed by atoms with Gasteiger partial charge in [-0.25, -0.2) is 4.79 Å². The molecule has 1 aliphatic rings. The van der Waals surface area contributed by atoms with Crippen LogP contribution in [-0.4, -0.2) is 53.8 Å². The van der Waals surface area contributed by atoms with Crippen molar-refractivity contribution in [3.8, 4) is 5.75 Å². The van der Waals surface area contributed by atoms with Crippen LogP contribution in [0.1, 0.15) is 26.3 Å². The average molecular weight is 407 g/mol. The summed E-state index contributed by atoms with van der Waals surface area (Å²) in [6.45, 7) is 8.58. The number of aromatic amines is 1. The highest BCUT2D eigenvalue weighted by atomic mass is 35.5. The summed E-state index contributed by atoms with van der Waals surface area (Å²) in [5, 5.41) is 0.702. The highest BCUT2D eigenvalue weighted by molar-refractivity contribution is 6.30. The van der Waals surface area contributed by atoms with Gasteiger partial charge >= 0.3 is 5.69 Å². The zero-order chi connectivity index (χ0) is 20.1. The van der Waals surface area contributed by atoms with Crippen LogP contribution < -0.4 is 20.9 Å². The molecule has 1 saturated heterocycles. The zero-order valence-corrected chi connectivity index (χ0v) is 17.1. The van der Waals surface area contributed by atoms with Crippen molar-refractivity contribution in [3.05, 3.63) is 56.2 Å². The molecule has 0 aliphatic carbocycles. The molecular weight excluding hydrogens is 380 g/mol. The van der Waals surface area contributed by atoms with E-state index in [9.17, 15) is 9.59 Å². The standard InChI is InChI=1S/C20H27ClN4O3/c1-15(2)25-19(26)14-18(22-20(25)27)24-11-9-23(10-12-24)8-3-13-28-17-6-4-16(21)5-7-17/h4-7,14-15H,3,8-13H2,1-2H3,(H,22,27). The molecule has 152 valence electrons. The van der Waals surface area contributed by atoms with Crippen LogP contribution in [0.5, 0.6) is 5.75 Å². The fourth-order valence-corrected chi connectivity index (χ4v) is 3.50. The van der Waals surface area contributed by atoms with Crippen molar-refractivity contribution in [2.45, 2.75) is 26.3 Å². The summed E-state index contributed by atoms with van der Waals surface area (Å²) in [6, 6.07) is 8.75. The Labute approximate surface area is 169 Å². The number of nitrogens with one attached hydrogen (secondary N) is 1. The monoisotopic (exact) mass is 406 g/mol. The number of halogens is 1. The Morgan fingerprint density at radius 2 is 1.79 bits per heavy atom. The maximum atomic E-state index is 12.2. The molecule has 8 heteroatoms. The van der Waals surface area contributed by atoms with Crippen molar-refractivity contribution in [1.82, 2.24) is 14.5 Å². The van der Waals surface area contributed by atoms with Gasteiger partial charge in [0.2, 0.25) is 0 Å². The molecule has 28 heavy (non-hydrogen) atoms. The number of anilines is 1. The van der Waals surface area contributed by atoms with Crippen molar-refractivity contribution in [1.29, 1.82) is 0 Å². The molecule has 1 aliphatic heterocycles. The Hall–Kier alpha value is -2.25. The number of ether oxygens (including phenoxy) is 1. The van der Waals surface area contributed by atoms with Crippen LogP contribution in [0.2, 0.25) is 5.02 Å². The highest BCUT2D eigenvalue weighted by Crippen LogP contribution is 2.16. The smallest absolute Gasteiger partial charge is 0.330 e. The largest absolute Gasteiger partial charge is 0.494 e. The van der Waals surface area contributed by atoms with Crippen LogP contribution in [0.15, 0.2) is 39.9 Å². The Bertz CT molecular complexity index is 852. The Kier molecular flexibility index (Phi) is 6.80. The van der Waals surface area contributed by atoms with Gasteiger partial charge in [0, 0.05) is 49.9 Å². The van der Waals surface area contributed by atoms with Crippen LogP contribution >= 0.6 is 11.6 Å². The van der Waals surface area contributed by atoms with E-state index in [0.29, 0.717) is 17.4 Å². The maximum Gasteiger partial charge on any atom is 0.330 e. The molecule has 0 unspecified atom stereocenters. The Morgan fingerprint density at radius 3 is 2.39 bits per heavy atom. The molecule has 0 spiro atoms. The number of nitrogens with zero attached hydrogens (tertiary/aromatic N) is 3. The summed E-state index contributed by atoms with van der Waals surface area (Å²) in [4.78, 5) is 31.6. The SMILES string of the molecule is CC(C)n1c(=O)cc(N2CCN(CCCOc3ccc(Cl)cc3)CC2)[nH]c1=O. The van der Waals surface area contributed by atoms with Gasteiger partial charge in [0.25, 0.3) is 5.56 Å². The first-order valence-electron chi connectivity index (χ1n) is 9.65. The molecule has 1 fully saturated rings. The normalized spacial score (nSPS) is 15.2. The first kappa shape index (κ1) is 20.5. The fourth-order valence-electron chi connectivity index (χ4n) is 3.37. The van der Waals surface area contributed by atoms with E-state index in [0.717, 1.165) is 44.9 Å². The van der Waals surface area contributed by atoms with Gasteiger partial charge in [0.1, 0.15) is 11.6 Å². The Balaban J connectivity index is 1.45. The van der Waals surface area contributed by atoms with Crippen molar-refractivity contribution in [2.24, 2.45) is 0 Å². The summed E-state index contributed by atoms with van der Waals surface area (Å²) in [5.41, 5.74) is -0.602. The second-order valence-electron chi connectivity index (χ2n) is 7.25. The number of hydrogen-bond acceptors (Lipinski definition) is 5. The number of aromatic nitrogens is 2. The highest BCUT2D eigenvalue weighted by Gasteiger charge is 2.19. The molecule has 0 atom stereocenters. The molecule has 0 amide bonds. The van der Waals surface area contributed by atoms with E-state index in [4.69, 9.17) is 16.3 Å². The molecule has 0 saturated carbocycles. The van der Waals surface area contributed by atoms with Crippen molar-refractivity contribution >= 4 is 17.4 Å². The van der Waals surface area contributed by atoms with Crippen LogP contribution in [0, 0.1) is 0 Å². The lowest BCUT2D eigenvalue weighted by atomic mass is 10.3. The van der Waals surface area contributed by atoms with Gasteiger partial charge < -0.3 is 9.64 Å². The number of benzene rings is 1. The van der Waals surface area contributed by atoms with E-state index in [1.54, 1.807) is 0 Å². The van der Waals surface area contributed by atoms with E-state index in [1.807, 2.05) is 38.1 Å². The molecule has 3 rings (SSSR count). The lowest BCUT2D eigenvalue weighted by Gasteiger charge is -2.35. The third-order valence-corrected chi connectivity index (χ3v) is 5.13. The molecule has 0 radical (unpaired) electrons. The molecule has 1 aromatic carbocycles. The summed E-state index contributed by atoms with van der Waals surface area (Å²) in [6.07, 6.45) is 0.934. The van der Waals surface area contributed by atoms with Crippen LogP contribution in [0.4, 0.5) is 5.82 Å². The van der Waals surface area contributed by atoms with E-state index >= 15 is 0 Å². The lowest BCUT2D eigenvalue weighted by Crippen LogP contribution is -2.48. The molecule has 1 N–H and O–H groups in total. The molecule has 2 aromatic rings. The van der Waals surface area contributed by atoms with Crippen molar-refractivity contribution in [2.75, 3.05) is 44.2 Å².